The van der Waals surface area contributed by atoms with Crippen molar-refractivity contribution in [3.63, 3.8) is 0 Å². The molecular weight excluding hydrogens is 340 g/mol. The molecule has 110 valence electrons. The molecule has 0 radical (unpaired) electrons. The topological polar surface area (TPSA) is 64.6 Å². The number of ether oxygens (including phenoxy) is 2. The number of carbonyl (C=O) groups excluding carboxylic acids is 2. The third-order valence-corrected chi connectivity index (χ3v) is 2.92. The number of halogens is 3. The van der Waals surface area contributed by atoms with Gasteiger partial charge in [0.05, 0.1) is 7.11 Å². The average Bonchev–Trinajstić information content (AvgIpc) is 2.43. The van der Waals surface area contributed by atoms with E-state index in [4.69, 9.17) is 0 Å². The lowest BCUT2D eigenvalue weighted by Crippen LogP contribution is -2.33. The summed E-state index contributed by atoms with van der Waals surface area (Å²) in [5.41, 5.74) is 0.146. The molecule has 8 heteroatoms. The highest BCUT2D eigenvalue weighted by molar-refractivity contribution is 9.10. The average molecular weight is 352 g/mol. The standard InChI is InChI=1S/C12H12BrF2NO4/c1-19-11(18)9(13)6-16-10(17)7-3-2-4-8(5-7)20-12(14)15/h2-5,9,12H,6H2,1H3,(H,16,17). The van der Waals surface area contributed by atoms with E-state index in [-0.39, 0.29) is 17.9 Å². The van der Waals surface area contributed by atoms with Crippen molar-refractivity contribution in [3.05, 3.63) is 29.8 Å². The van der Waals surface area contributed by atoms with E-state index >= 15 is 0 Å². The first-order chi connectivity index (χ1) is 9.43. The molecule has 5 nitrogen and oxygen atoms in total. The van der Waals surface area contributed by atoms with Crippen molar-refractivity contribution in [3.8, 4) is 5.75 Å². The first-order valence-corrected chi connectivity index (χ1v) is 6.40. The van der Waals surface area contributed by atoms with Gasteiger partial charge in [-0.2, -0.15) is 8.78 Å². The molecule has 0 aliphatic carbocycles. The van der Waals surface area contributed by atoms with Crippen LogP contribution in [0, 0.1) is 0 Å². The van der Waals surface area contributed by atoms with Crippen molar-refractivity contribution in [2.24, 2.45) is 0 Å². The van der Waals surface area contributed by atoms with E-state index in [9.17, 15) is 18.4 Å². The Kier molecular flexibility index (Phi) is 6.37. The zero-order valence-corrected chi connectivity index (χ0v) is 12.0. The molecule has 0 bridgehead atoms. The lowest BCUT2D eigenvalue weighted by Gasteiger charge is -2.10. The van der Waals surface area contributed by atoms with Crippen LogP contribution in [0.2, 0.25) is 0 Å². The molecule has 0 aliphatic heterocycles. The number of nitrogens with one attached hydrogen (secondary N) is 1. The minimum absolute atomic E-state index is 0.00540. The fraction of sp³-hybridized carbons (Fsp3) is 0.333. The van der Waals surface area contributed by atoms with Gasteiger partial charge in [-0.25, -0.2) is 0 Å². The Balaban J connectivity index is 2.61. The zero-order chi connectivity index (χ0) is 15.1. The maximum Gasteiger partial charge on any atom is 0.387 e. The van der Waals surface area contributed by atoms with Crippen LogP contribution in [0.5, 0.6) is 5.75 Å². The number of hydrogen-bond acceptors (Lipinski definition) is 4. The molecular formula is C12H12BrF2NO4. The maximum absolute atomic E-state index is 12.1. The van der Waals surface area contributed by atoms with E-state index < -0.39 is 23.3 Å². The highest BCUT2D eigenvalue weighted by Crippen LogP contribution is 2.16. The molecule has 1 aromatic rings. The van der Waals surface area contributed by atoms with Crippen molar-refractivity contribution < 1.29 is 27.8 Å². The molecule has 1 aromatic carbocycles. The quantitative estimate of drug-likeness (QED) is 0.628. The van der Waals surface area contributed by atoms with Gasteiger partial charge in [0.1, 0.15) is 10.6 Å². The minimum atomic E-state index is -2.96. The monoisotopic (exact) mass is 351 g/mol. The van der Waals surface area contributed by atoms with Crippen LogP contribution in [-0.2, 0) is 9.53 Å². The van der Waals surface area contributed by atoms with E-state index in [0.717, 1.165) is 0 Å². The fourth-order valence-corrected chi connectivity index (χ4v) is 1.66. The molecule has 0 saturated carbocycles. The minimum Gasteiger partial charge on any atom is -0.468 e. The van der Waals surface area contributed by atoms with Gasteiger partial charge in [-0.15, -0.1) is 0 Å². The van der Waals surface area contributed by atoms with Crippen molar-refractivity contribution in [1.82, 2.24) is 5.32 Å². The Hall–Kier alpha value is -1.70. The van der Waals surface area contributed by atoms with Crippen LogP contribution in [0.25, 0.3) is 0 Å². The first-order valence-electron chi connectivity index (χ1n) is 5.49. The normalized spacial score (nSPS) is 11.8. The first kappa shape index (κ1) is 16.4. The molecule has 0 fully saturated rings. The van der Waals surface area contributed by atoms with Gasteiger partial charge in [-0.05, 0) is 18.2 Å². The third-order valence-electron chi connectivity index (χ3n) is 2.22. The summed E-state index contributed by atoms with van der Waals surface area (Å²) in [6.07, 6.45) is 0. The van der Waals surface area contributed by atoms with E-state index in [1.807, 2.05) is 0 Å². The third kappa shape index (κ3) is 5.12. The number of benzene rings is 1. The van der Waals surface area contributed by atoms with Crippen LogP contribution in [0.3, 0.4) is 0 Å². The van der Waals surface area contributed by atoms with Crippen LogP contribution >= 0.6 is 15.9 Å². The summed E-state index contributed by atoms with van der Waals surface area (Å²) >= 11 is 3.04. The molecule has 1 atom stereocenters. The van der Waals surface area contributed by atoms with Crippen LogP contribution < -0.4 is 10.1 Å². The Labute approximate surface area is 122 Å². The van der Waals surface area contributed by atoms with Gasteiger partial charge < -0.3 is 14.8 Å². The molecule has 0 aliphatic rings. The van der Waals surface area contributed by atoms with Crippen molar-refractivity contribution in [2.45, 2.75) is 11.4 Å². The zero-order valence-electron chi connectivity index (χ0n) is 10.4. The number of methoxy groups -OCH3 is 1. The van der Waals surface area contributed by atoms with Crippen molar-refractivity contribution in [2.75, 3.05) is 13.7 Å². The molecule has 0 heterocycles. The number of esters is 1. The number of alkyl halides is 3. The predicted octanol–water partition coefficient (Wildman–Crippen LogP) is 1.95. The van der Waals surface area contributed by atoms with Crippen LogP contribution in [-0.4, -0.2) is 37.0 Å². The summed E-state index contributed by atoms with van der Waals surface area (Å²) in [5, 5.41) is 2.46. The molecule has 20 heavy (non-hydrogen) atoms. The van der Waals surface area contributed by atoms with E-state index in [0.29, 0.717) is 0 Å². The smallest absolute Gasteiger partial charge is 0.387 e. The number of hydrogen-bond donors (Lipinski definition) is 1. The number of carbonyl (C=O) groups is 2. The van der Waals surface area contributed by atoms with Gasteiger partial charge in [0.2, 0.25) is 0 Å². The molecule has 1 N–H and O–H groups in total. The summed E-state index contributed by atoms with van der Waals surface area (Å²) in [5.74, 6) is -1.16. The van der Waals surface area contributed by atoms with E-state index in [1.54, 1.807) is 0 Å². The Bertz CT molecular complexity index is 484. The van der Waals surface area contributed by atoms with Gasteiger partial charge in [0.15, 0.2) is 0 Å². The lowest BCUT2D eigenvalue weighted by atomic mass is 10.2. The molecule has 0 spiro atoms. The second-order valence-corrected chi connectivity index (χ2v) is 4.71. The maximum atomic E-state index is 12.1. The summed E-state index contributed by atoms with van der Waals surface area (Å²) in [7, 11) is 1.23. The highest BCUT2D eigenvalue weighted by Gasteiger charge is 2.17. The van der Waals surface area contributed by atoms with Gasteiger partial charge in [-0.1, -0.05) is 22.0 Å². The fourth-order valence-electron chi connectivity index (χ4n) is 1.31. The SMILES string of the molecule is COC(=O)C(Br)CNC(=O)c1cccc(OC(F)F)c1. The van der Waals surface area contributed by atoms with Gasteiger partial charge >= 0.3 is 12.6 Å². The van der Waals surface area contributed by atoms with Crippen LogP contribution in [0.4, 0.5) is 8.78 Å². The highest BCUT2D eigenvalue weighted by atomic mass is 79.9. The summed E-state index contributed by atoms with van der Waals surface area (Å²) < 4.78 is 32.8. The molecule has 0 aromatic heterocycles. The molecule has 0 saturated heterocycles. The summed E-state index contributed by atoms with van der Waals surface area (Å²) in [4.78, 5) is 22.2. The van der Waals surface area contributed by atoms with Crippen molar-refractivity contribution in [1.29, 1.82) is 0 Å². The van der Waals surface area contributed by atoms with Gasteiger partial charge in [0.25, 0.3) is 5.91 Å². The van der Waals surface area contributed by atoms with Gasteiger partial charge in [-0.3, -0.25) is 9.59 Å². The second-order valence-electron chi connectivity index (χ2n) is 3.61. The van der Waals surface area contributed by atoms with E-state index in [1.165, 1.54) is 31.4 Å². The van der Waals surface area contributed by atoms with Crippen LogP contribution in [0.15, 0.2) is 24.3 Å². The molecule has 1 amide bonds. The molecule has 1 rings (SSSR count). The Morgan fingerprint density at radius 1 is 1.40 bits per heavy atom. The summed E-state index contributed by atoms with van der Waals surface area (Å²) in [6, 6.07) is 5.35. The predicted molar refractivity (Wildman–Crippen MR) is 70.1 cm³/mol. The second kappa shape index (κ2) is 7.78. The van der Waals surface area contributed by atoms with Gasteiger partial charge in [0, 0.05) is 12.1 Å². The molecule has 1 unspecified atom stereocenters. The van der Waals surface area contributed by atoms with E-state index in [2.05, 4.69) is 30.7 Å². The number of amides is 1. The largest absolute Gasteiger partial charge is 0.468 e. The number of rotatable bonds is 6. The lowest BCUT2D eigenvalue weighted by molar-refractivity contribution is -0.139. The van der Waals surface area contributed by atoms with Crippen molar-refractivity contribution >= 4 is 27.8 Å². The Morgan fingerprint density at radius 2 is 2.10 bits per heavy atom. The summed E-state index contributed by atoms with van der Waals surface area (Å²) in [6.45, 7) is -2.95. The Morgan fingerprint density at radius 3 is 2.70 bits per heavy atom. The van der Waals surface area contributed by atoms with Crippen LogP contribution in [0.1, 0.15) is 10.4 Å².